The Bertz CT molecular complexity index is 311. The van der Waals surface area contributed by atoms with E-state index in [1.54, 1.807) is 11.3 Å². The first-order valence-corrected chi connectivity index (χ1v) is 6.45. The summed E-state index contributed by atoms with van der Waals surface area (Å²) in [5, 5.41) is 6.98. The molecule has 0 amide bonds. The van der Waals surface area contributed by atoms with Crippen molar-refractivity contribution in [1.29, 1.82) is 0 Å². The number of hydrogen-bond acceptors (Lipinski definition) is 4. The third-order valence-electron chi connectivity index (χ3n) is 2.83. The Morgan fingerprint density at radius 2 is 2.53 bits per heavy atom. The molecule has 1 aliphatic heterocycles. The van der Waals surface area contributed by atoms with Crippen LogP contribution in [-0.2, 0) is 6.42 Å². The average Bonchev–Trinajstić information content (AvgIpc) is 2.62. The molecule has 2 heterocycles. The van der Waals surface area contributed by atoms with Crippen molar-refractivity contribution in [2.24, 2.45) is 0 Å². The van der Waals surface area contributed by atoms with E-state index in [0.717, 1.165) is 18.7 Å². The zero-order chi connectivity index (χ0) is 10.7. The summed E-state index contributed by atoms with van der Waals surface area (Å²) < 4.78 is 0. The van der Waals surface area contributed by atoms with Gasteiger partial charge >= 0.3 is 0 Å². The summed E-state index contributed by atoms with van der Waals surface area (Å²) in [6.07, 6.45) is 2.32. The van der Waals surface area contributed by atoms with Crippen molar-refractivity contribution in [3.05, 3.63) is 16.1 Å². The highest BCUT2D eigenvalue weighted by molar-refractivity contribution is 7.09. The lowest BCUT2D eigenvalue weighted by molar-refractivity contribution is 0.232. The van der Waals surface area contributed by atoms with Crippen LogP contribution in [0.2, 0.25) is 0 Å². The molecule has 1 unspecified atom stereocenters. The number of likely N-dealkylation sites (N-methyl/N-ethyl adjacent to an activating group) is 1. The van der Waals surface area contributed by atoms with Gasteiger partial charge in [0.05, 0.1) is 5.01 Å². The first-order valence-electron chi connectivity index (χ1n) is 5.57. The lowest BCUT2D eigenvalue weighted by Gasteiger charge is -2.30. The van der Waals surface area contributed by atoms with Gasteiger partial charge in [-0.05, 0) is 20.4 Å². The highest BCUT2D eigenvalue weighted by Gasteiger charge is 2.16. The minimum atomic E-state index is 0.646. The number of nitrogens with zero attached hydrogens (tertiary/aromatic N) is 2. The van der Waals surface area contributed by atoms with Crippen molar-refractivity contribution < 1.29 is 0 Å². The van der Waals surface area contributed by atoms with Crippen LogP contribution in [0.15, 0.2) is 5.38 Å². The Morgan fingerprint density at radius 1 is 1.67 bits per heavy atom. The summed E-state index contributed by atoms with van der Waals surface area (Å²) in [7, 11) is 2.20. The molecular weight excluding hydrogens is 206 g/mol. The highest BCUT2D eigenvalue weighted by Crippen LogP contribution is 2.12. The molecule has 1 saturated heterocycles. The molecule has 0 saturated carbocycles. The Hall–Kier alpha value is -0.450. The minimum absolute atomic E-state index is 0.646. The van der Waals surface area contributed by atoms with Crippen molar-refractivity contribution in [3.63, 3.8) is 0 Å². The summed E-state index contributed by atoms with van der Waals surface area (Å²) >= 11 is 1.79. The average molecular weight is 225 g/mol. The molecule has 84 valence electrons. The van der Waals surface area contributed by atoms with Gasteiger partial charge in [-0.2, -0.15) is 0 Å². The van der Waals surface area contributed by atoms with Gasteiger partial charge in [-0.1, -0.05) is 0 Å². The summed E-state index contributed by atoms with van der Waals surface area (Å²) in [6.45, 7) is 5.53. The summed E-state index contributed by atoms with van der Waals surface area (Å²) in [4.78, 5) is 6.89. The number of aryl methyl sites for hydroxylation is 2. The number of nitrogens with one attached hydrogen (secondary N) is 1. The standard InChI is InChI=1S/C11H19N3S/c1-9-8-15-11(13-9)4-3-10-7-14(2)6-5-12-10/h8,10,12H,3-7H2,1-2H3. The van der Waals surface area contributed by atoms with Crippen LogP contribution in [0.1, 0.15) is 17.1 Å². The number of hydrogen-bond donors (Lipinski definition) is 1. The molecule has 3 nitrogen and oxygen atoms in total. The highest BCUT2D eigenvalue weighted by atomic mass is 32.1. The third kappa shape index (κ3) is 3.26. The van der Waals surface area contributed by atoms with Gasteiger partial charge in [-0.25, -0.2) is 4.98 Å². The fourth-order valence-electron chi connectivity index (χ4n) is 2.00. The van der Waals surface area contributed by atoms with E-state index in [1.807, 2.05) is 0 Å². The van der Waals surface area contributed by atoms with E-state index in [0.29, 0.717) is 6.04 Å². The van der Waals surface area contributed by atoms with Crippen molar-refractivity contribution in [2.75, 3.05) is 26.7 Å². The van der Waals surface area contributed by atoms with Gasteiger partial charge in [0.2, 0.25) is 0 Å². The van der Waals surface area contributed by atoms with Crippen LogP contribution in [-0.4, -0.2) is 42.6 Å². The van der Waals surface area contributed by atoms with E-state index >= 15 is 0 Å². The van der Waals surface area contributed by atoms with Gasteiger partial charge in [0.25, 0.3) is 0 Å². The first kappa shape index (κ1) is 11.0. The molecule has 1 aliphatic rings. The SMILES string of the molecule is Cc1csc(CCC2CN(C)CCN2)n1. The zero-order valence-corrected chi connectivity index (χ0v) is 10.3. The van der Waals surface area contributed by atoms with Gasteiger partial charge < -0.3 is 10.2 Å². The molecule has 0 aromatic carbocycles. The number of rotatable bonds is 3. The Labute approximate surface area is 95.5 Å². The second-order valence-electron chi connectivity index (χ2n) is 4.33. The van der Waals surface area contributed by atoms with Gasteiger partial charge in [-0.3, -0.25) is 0 Å². The van der Waals surface area contributed by atoms with E-state index in [9.17, 15) is 0 Å². The fraction of sp³-hybridized carbons (Fsp3) is 0.727. The monoisotopic (exact) mass is 225 g/mol. The summed E-state index contributed by atoms with van der Waals surface area (Å²) in [5.41, 5.74) is 1.16. The third-order valence-corrected chi connectivity index (χ3v) is 3.86. The topological polar surface area (TPSA) is 28.2 Å². The number of piperazine rings is 1. The van der Waals surface area contributed by atoms with Crippen LogP contribution in [0.25, 0.3) is 0 Å². The van der Waals surface area contributed by atoms with E-state index in [1.165, 1.54) is 24.5 Å². The van der Waals surface area contributed by atoms with Gasteiger partial charge in [0.15, 0.2) is 0 Å². The maximum absolute atomic E-state index is 4.49. The number of thiazole rings is 1. The predicted molar refractivity (Wildman–Crippen MR) is 64.5 cm³/mol. The molecule has 15 heavy (non-hydrogen) atoms. The summed E-state index contributed by atoms with van der Waals surface area (Å²) in [6, 6.07) is 0.646. The molecule has 1 atom stereocenters. The van der Waals surface area contributed by atoms with Crippen LogP contribution < -0.4 is 5.32 Å². The first-order chi connectivity index (χ1) is 7.24. The molecule has 4 heteroatoms. The molecule has 0 bridgehead atoms. The van der Waals surface area contributed by atoms with Crippen LogP contribution in [0.3, 0.4) is 0 Å². The molecule has 0 spiro atoms. The fourth-order valence-corrected chi connectivity index (χ4v) is 2.79. The van der Waals surface area contributed by atoms with Crippen LogP contribution in [0, 0.1) is 6.92 Å². The smallest absolute Gasteiger partial charge is 0.0928 e. The normalized spacial score (nSPS) is 23.2. The maximum Gasteiger partial charge on any atom is 0.0928 e. The molecule has 2 rings (SSSR count). The second kappa shape index (κ2) is 5.05. The van der Waals surface area contributed by atoms with E-state index in [-0.39, 0.29) is 0 Å². The Balaban J connectivity index is 1.77. The Morgan fingerprint density at radius 3 is 3.20 bits per heavy atom. The molecule has 1 aromatic heterocycles. The van der Waals surface area contributed by atoms with Crippen molar-refractivity contribution in [3.8, 4) is 0 Å². The molecule has 0 aliphatic carbocycles. The minimum Gasteiger partial charge on any atom is -0.311 e. The lowest BCUT2D eigenvalue weighted by atomic mass is 10.1. The largest absolute Gasteiger partial charge is 0.311 e. The molecule has 1 fully saturated rings. The van der Waals surface area contributed by atoms with Gasteiger partial charge in [-0.15, -0.1) is 11.3 Å². The molecular formula is C11H19N3S. The van der Waals surface area contributed by atoms with Crippen molar-refractivity contribution in [2.45, 2.75) is 25.8 Å². The summed E-state index contributed by atoms with van der Waals surface area (Å²) in [5.74, 6) is 0. The van der Waals surface area contributed by atoms with Crippen LogP contribution in [0.4, 0.5) is 0 Å². The van der Waals surface area contributed by atoms with Crippen molar-refractivity contribution in [1.82, 2.24) is 15.2 Å². The van der Waals surface area contributed by atoms with Crippen molar-refractivity contribution >= 4 is 11.3 Å². The van der Waals surface area contributed by atoms with Gasteiger partial charge in [0, 0.05) is 43.2 Å². The predicted octanol–water partition coefficient (Wildman–Crippen LogP) is 1.29. The van der Waals surface area contributed by atoms with Crippen LogP contribution >= 0.6 is 11.3 Å². The van der Waals surface area contributed by atoms with E-state index in [2.05, 4.69) is 34.6 Å². The van der Waals surface area contributed by atoms with E-state index < -0.39 is 0 Å². The maximum atomic E-state index is 4.49. The molecule has 1 N–H and O–H groups in total. The lowest BCUT2D eigenvalue weighted by Crippen LogP contribution is -2.49. The molecule has 0 radical (unpaired) electrons. The quantitative estimate of drug-likeness (QED) is 0.840. The van der Waals surface area contributed by atoms with E-state index in [4.69, 9.17) is 0 Å². The zero-order valence-electron chi connectivity index (χ0n) is 9.49. The van der Waals surface area contributed by atoms with Gasteiger partial charge in [0.1, 0.15) is 0 Å². The Kier molecular flexibility index (Phi) is 3.72. The number of aromatic nitrogens is 1. The van der Waals surface area contributed by atoms with Crippen LogP contribution in [0.5, 0.6) is 0 Å². The molecule has 1 aromatic rings. The second-order valence-corrected chi connectivity index (χ2v) is 5.28.